The number of hydrogen-bond donors (Lipinski definition) is 1. The number of carbonyl (C=O) groups excluding carboxylic acids is 1. The summed E-state index contributed by atoms with van der Waals surface area (Å²) in [6, 6.07) is 0. The van der Waals surface area contributed by atoms with Crippen molar-refractivity contribution in [2.45, 2.75) is 64.9 Å². The van der Waals surface area contributed by atoms with E-state index in [4.69, 9.17) is 0 Å². The highest BCUT2D eigenvalue weighted by molar-refractivity contribution is 5.93. The molecule has 0 aromatic rings. The number of halogens is 2. The smallest absolute Gasteiger partial charge is 0.157 e. The average molecular weight is 482 g/mol. The Morgan fingerprint density at radius 3 is 2.63 bits per heavy atom. The molecule has 1 N–H and O–H groups in total. The Labute approximate surface area is 208 Å². The van der Waals surface area contributed by atoms with Gasteiger partial charge in [-0.3, -0.25) is 4.79 Å². The number of ketones is 1. The second-order valence-corrected chi connectivity index (χ2v) is 11.1. The van der Waals surface area contributed by atoms with Crippen molar-refractivity contribution in [1.82, 2.24) is 4.90 Å². The number of nitrogens with zero attached hydrogens (tertiary/aromatic N) is 1. The number of rotatable bonds is 4. The van der Waals surface area contributed by atoms with E-state index < -0.39 is 28.6 Å². The van der Waals surface area contributed by atoms with Gasteiger partial charge in [-0.25, -0.2) is 8.78 Å². The lowest BCUT2D eigenvalue weighted by Crippen LogP contribution is -2.53. The molecule has 0 aliphatic heterocycles. The lowest BCUT2D eigenvalue weighted by atomic mass is 9.51. The van der Waals surface area contributed by atoms with Crippen LogP contribution >= 0.6 is 0 Å². The topological polar surface area (TPSA) is 40.5 Å². The van der Waals surface area contributed by atoms with E-state index in [9.17, 15) is 9.90 Å². The zero-order valence-electron chi connectivity index (χ0n) is 21.5. The van der Waals surface area contributed by atoms with Crippen molar-refractivity contribution in [2.75, 3.05) is 14.1 Å². The van der Waals surface area contributed by atoms with Crippen molar-refractivity contribution in [1.29, 1.82) is 0 Å². The predicted molar refractivity (Wildman–Crippen MR) is 135 cm³/mol. The van der Waals surface area contributed by atoms with Crippen molar-refractivity contribution < 1.29 is 18.7 Å². The Hall–Kier alpha value is -2.45. The van der Waals surface area contributed by atoms with Crippen LogP contribution in [0.4, 0.5) is 8.78 Å². The van der Waals surface area contributed by atoms with Gasteiger partial charge in [0.2, 0.25) is 0 Å². The third-order valence-electron chi connectivity index (χ3n) is 9.17. The molecule has 4 rings (SSSR count). The molecule has 0 spiro atoms. The summed E-state index contributed by atoms with van der Waals surface area (Å²) in [6.45, 7) is 9.47. The molecular weight excluding hydrogens is 444 g/mol. The maximum absolute atomic E-state index is 16.2. The molecule has 0 amide bonds. The van der Waals surface area contributed by atoms with Crippen LogP contribution < -0.4 is 0 Å². The highest BCUT2D eigenvalue weighted by atomic mass is 19.2. The standard InChI is InChI=1S/C30H37F2NO2/c1-7-13-30(35)18(3)14-25-23-11-9-19-15-21(34)10-12-22(19)27(23)24(17-29(25,30)4)28(32)26(31)16-20(8-2)33(5)6/h8,15-16,18,23-25,35H,2,9-12,14,17H2,1,3-6H3/b20-16+,28-26+/t18-,23+,24+,25+,29+,30+/m1/s1. The summed E-state index contributed by atoms with van der Waals surface area (Å²) >= 11 is 0. The van der Waals surface area contributed by atoms with Crippen LogP contribution in [0.3, 0.4) is 0 Å². The van der Waals surface area contributed by atoms with E-state index in [1.54, 1.807) is 32.0 Å². The molecule has 0 aromatic carbocycles. The van der Waals surface area contributed by atoms with Crippen molar-refractivity contribution in [3.05, 3.63) is 58.9 Å². The zero-order chi connectivity index (χ0) is 25.7. The van der Waals surface area contributed by atoms with Gasteiger partial charge >= 0.3 is 0 Å². The number of fused-ring (bicyclic) bond motifs is 4. The van der Waals surface area contributed by atoms with E-state index in [0.717, 1.165) is 36.0 Å². The molecule has 6 atom stereocenters. The van der Waals surface area contributed by atoms with E-state index in [1.165, 1.54) is 12.2 Å². The molecule has 0 heterocycles. The molecule has 188 valence electrons. The van der Waals surface area contributed by atoms with Crippen LogP contribution in [0.5, 0.6) is 0 Å². The first kappa shape index (κ1) is 25.6. The minimum Gasteiger partial charge on any atom is -0.378 e. The summed E-state index contributed by atoms with van der Waals surface area (Å²) in [7, 11) is 3.51. The van der Waals surface area contributed by atoms with Gasteiger partial charge in [-0.2, -0.15) is 0 Å². The lowest BCUT2D eigenvalue weighted by Gasteiger charge is -2.53. The molecule has 2 fully saturated rings. The summed E-state index contributed by atoms with van der Waals surface area (Å²) in [5.41, 5.74) is 1.51. The van der Waals surface area contributed by atoms with E-state index in [-0.39, 0.29) is 30.0 Å². The van der Waals surface area contributed by atoms with Crippen LogP contribution in [0.2, 0.25) is 0 Å². The first-order valence-electron chi connectivity index (χ1n) is 12.7. The molecule has 5 heteroatoms. The van der Waals surface area contributed by atoms with E-state index in [1.807, 2.05) is 13.8 Å². The van der Waals surface area contributed by atoms with Gasteiger partial charge < -0.3 is 10.0 Å². The Bertz CT molecular complexity index is 1130. The summed E-state index contributed by atoms with van der Waals surface area (Å²) in [4.78, 5) is 13.8. The van der Waals surface area contributed by atoms with Gasteiger partial charge in [0, 0.05) is 37.5 Å². The Kier molecular flexibility index (Phi) is 6.74. The summed E-state index contributed by atoms with van der Waals surface area (Å²) in [5, 5.41) is 11.9. The fourth-order valence-corrected chi connectivity index (χ4v) is 7.42. The van der Waals surface area contributed by atoms with Gasteiger partial charge in [0.25, 0.3) is 0 Å². The Morgan fingerprint density at radius 2 is 2.00 bits per heavy atom. The average Bonchev–Trinajstić information content (AvgIpc) is 3.01. The predicted octanol–water partition coefficient (Wildman–Crippen LogP) is 6.20. The fourth-order valence-electron chi connectivity index (χ4n) is 7.42. The number of aliphatic hydroxyl groups is 1. The molecule has 2 saturated carbocycles. The molecule has 0 bridgehead atoms. The van der Waals surface area contributed by atoms with Crippen LogP contribution in [-0.2, 0) is 4.79 Å². The van der Waals surface area contributed by atoms with Gasteiger partial charge in [0.1, 0.15) is 11.4 Å². The first-order chi connectivity index (χ1) is 16.5. The number of carbonyl (C=O) groups is 1. The molecule has 4 aliphatic rings. The van der Waals surface area contributed by atoms with Crippen LogP contribution in [0, 0.1) is 40.9 Å². The highest BCUT2D eigenvalue weighted by Gasteiger charge is 2.65. The van der Waals surface area contributed by atoms with Crippen LogP contribution in [-0.4, -0.2) is 35.5 Å². The second-order valence-electron chi connectivity index (χ2n) is 11.1. The minimum absolute atomic E-state index is 0.0319. The van der Waals surface area contributed by atoms with E-state index in [2.05, 4.69) is 18.4 Å². The molecule has 4 aliphatic carbocycles. The Morgan fingerprint density at radius 1 is 1.29 bits per heavy atom. The summed E-state index contributed by atoms with van der Waals surface area (Å²) in [6.07, 6.45) is 7.99. The monoisotopic (exact) mass is 481 g/mol. The van der Waals surface area contributed by atoms with Gasteiger partial charge in [-0.1, -0.05) is 31.9 Å². The number of allylic oxidation sites excluding steroid dienone is 8. The van der Waals surface area contributed by atoms with Crippen LogP contribution in [0.1, 0.15) is 59.3 Å². The zero-order valence-corrected chi connectivity index (χ0v) is 21.5. The number of hydrogen-bond acceptors (Lipinski definition) is 3. The fraction of sp³-hybridized carbons (Fsp3) is 0.567. The third kappa shape index (κ3) is 3.95. The molecule has 35 heavy (non-hydrogen) atoms. The normalized spacial score (nSPS) is 37.3. The molecule has 0 aromatic heterocycles. The third-order valence-corrected chi connectivity index (χ3v) is 9.17. The van der Waals surface area contributed by atoms with Gasteiger partial charge in [-0.05, 0) is 86.2 Å². The first-order valence-corrected chi connectivity index (χ1v) is 12.7. The molecule has 0 saturated heterocycles. The van der Waals surface area contributed by atoms with Crippen molar-refractivity contribution >= 4 is 5.78 Å². The minimum atomic E-state index is -1.26. The lowest BCUT2D eigenvalue weighted by molar-refractivity contribution is -0.114. The van der Waals surface area contributed by atoms with Crippen molar-refractivity contribution in [2.24, 2.45) is 29.1 Å². The van der Waals surface area contributed by atoms with Crippen LogP contribution in [0.25, 0.3) is 0 Å². The highest BCUT2D eigenvalue weighted by Crippen LogP contribution is 2.67. The Balaban J connectivity index is 1.93. The van der Waals surface area contributed by atoms with Crippen molar-refractivity contribution in [3.63, 3.8) is 0 Å². The maximum atomic E-state index is 16.2. The quantitative estimate of drug-likeness (QED) is 0.384. The maximum Gasteiger partial charge on any atom is 0.157 e. The van der Waals surface area contributed by atoms with Crippen LogP contribution in [0.15, 0.2) is 58.9 Å². The summed E-state index contributed by atoms with van der Waals surface area (Å²) < 4.78 is 31.7. The second kappa shape index (κ2) is 9.21. The van der Waals surface area contributed by atoms with Gasteiger partial charge in [0.15, 0.2) is 11.6 Å². The molecule has 0 unspecified atom stereocenters. The van der Waals surface area contributed by atoms with Gasteiger partial charge in [0.05, 0.1) is 0 Å². The molecular formula is C30H37F2NO2. The largest absolute Gasteiger partial charge is 0.378 e. The van der Waals surface area contributed by atoms with E-state index >= 15 is 8.78 Å². The van der Waals surface area contributed by atoms with Gasteiger partial charge in [-0.15, -0.1) is 5.92 Å². The summed E-state index contributed by atoms with van der Waals surface area (Å²) in [5.74, 6) is 3.67. The van der Waals surface area contributed by atoms with Crippen molar-refractivity contribution in [3.8, 4) is 11.8 Å². The molecule has 0 radical (unpaired) electrons. The molecule has 3 nitrogen and oxygen atoms in total. The SMILES string of the molecule is C=C/C(=C\C(F)=C(/F)[C@H]1C[C@@]2(C)[C@@H](C[C@@H](C)[C@@]2(O)C#CC)[C@@H]2CCC3=CC(=O)CCC3=C21)N(C)C. The van der Waals surface area contributed by atoms with E-state index in [0.29, 0.717) is 18.5 Å². The number of likely N-dealkylation sites (N-methyl/N-ethyl adjacent to an activating group) is 1.